The lowest BCUT2D eigenvalue weighted by molar-refractivity contribution is -0.385. The molecule has 0 aliphatic carbocycles. The van der Waals surface area contributed by atoms with Crippen molar-refractivity contribution < 1.29 is 27.2 Å². The van der Waals surface area contributed by atoms with Crippen molar-refractivity contribution in [3.63, 3.8) is 0 Å². The second kappa shape index (κ2) is 6.58. The highest BCUT2D eigenvalue weighted by Gasteiger charge is 2.36. The molecule has 0 aliphatic heterocycles. The van der Waals surface area contributed by atoms with Crippen molar-refractivity contribution in [1.29, 1.82) is 0 Å². The van der Waals surface area contributed by atoms with E-state index in [1.165, 1.54) is 12.3 Å². The fourth-order valence-corrected chi connectivity index (χ4v) is 2.47. The largest absolute Gasteiger partial charge is 0.488 e. The third-order valence-corrected chi connectivity index (χ3v) is 3.61. The van der Waals surface area contributed by atoms with Gasteiger partial charge < -0.3 is 4.74 Å². The number of nitrogens with zero attached hydrogens (tertiary/aromatic N) is 2. The highest BCUT2D eigenvalue weighted by Crippen LogP contribution is 2.38. The molecule has 0 spiro atoms. The average Bonchev–Trinajstić information content (AvgIpc) is 2.58. The summed E-state index contributed by atoms with van der Waals surface area (Å²) in [7, 11) is 0. The summed E-state index contributed by atoms with van der Waals surface area (Å²) in [6.07, 6.45) is -3.37. The van der Waals surface area contributed by atoms with Gasteiger partial charge in [0.25, 0.3) is 5.69 Å². The number of ether oxygens (including phenoxy) is 1. The molecule has 0 atom stereocenters. The van der Waals surface area contributed by atoms with E-state index in [1.807, 2.05) is 0 Å². The minimum absolute atomic E-state index is 0.257. The Labute approximate surface area is 144 Å². The molecule has 1 heterocycles. The summed E-state index contributed by atoms with van der Waals surface area (Å²) in [5, 5.41) is 11.2. The minimum Gasteiger partial charge on any atom is -0.488 e. The molecule has 0 N–H and O–H groups in total. The molecule has 0 radical (unpaired) electrons. The molecule has 3 aromatic rings. The summed E-state index contributed by atoms with van der Waals surface area (Å²) in [6.45, 7) is -0.383. The van der Waals surface area contributed by atoms with Gasteiger partial charge in [-0.05, 0) is 24.3 Å². The molecular formula is C17H10F4N2O3. The second-order valence-electron chi connectivity index (χ2n) is 5.36. The SMILES string of the molecule is O=[N+]([O-])c1ccc(OCc2cc(F)cc3cccnc23)c(C(F)(F)F)c1. The van der Waals surface area contributed by atoms with Gasteiger partial charge in [-0.1, -0.05) is 6.07 Å². The first-order chi connectivity index (χ1) is 12.3. The topological polar surface area (TPSA) is 65.3 Å². The van der Waals surface area contributed by atoms with Gasteiger partial charge in [-0.3, -0.25) is 15.1 Å². The van der Waals surface area contributed by atoms with Crippen LogP contribution in [0.5, 0.6) is 5.75 Å². The summed E-state index contributed by atoms with van der Waals surface area (Å²) >= 11 is 0. The van der Waals surface area contributed by atoms with E-state index in [-0.39, 0.29) is 12.2 Å². The first kappa shape index (κ1) is 17.6. The third-order valence-electron chi connectivity index (χ3n) is 3.61. The van der Waals surface area contributed by atoms with Gasteiger partial charge in [0, 0.05) is 29.3 Å². The lowest BCUT2D eigenvalue weighted by Crippen LogP contribution is -2.10. The number of rotatable bonds is 4. The summed E-state index contributed by atoms with van der Waals surface area (Å²) in [4.78, 5) is 13.9. The number of non-ortho nitro benzene ring substituents is 1. The van der Waals surface area contributed by atoms with E-state index >= 15 is 0 Å². The van der Waals surface area contributed by atoms with Gasteiger partial charge in [0.15, 0.2) is 0 Å². The average molecular weight is 366 g/mol. The minimum atomic E-state index is -4.84. The monoisotopic (exact) mass is 366 g/mol. The number of halogens is 4. The van der Waals surface area contributed by atoms with E-state index < -0.39 is 33.9 Å². The van der Waals surface area contributed by atoms with Crippen molar-refractivity contribution in [1.82, 2.24) is 4.98 Å². The van der Waals surface area contributed by atoms with Crippen molar-refractivity contribution in [2.24, 2.45) is 0 Å². The van der Waals surface area contributed by atoms with E-state index in [4.69, 9.17) is 4.74 Å². The summed E-state index contributed by atoms with van der Waals surface area (Å²) in [5.74, 6) is -1.17. The van der Waals surface area contributed by atoms with Crippen LogP contribution in [0, 0.1) is 15.9 Å². The first-order valence-electron chi connectivity index (χ1n) is 7.27. The summed E-state index contributed by atoms with van der Waals surface area (Å²) < 4.78 is 58.4. The Kier molecular flexibility index (Phi) is 4.45. The molecule has 0 fully saturated rings. The molecule has 0 saturated heterocycles. The normalized spacial score (nSPS) is 11.5. The Bertz CT molecular complexity index is 989. The number of nitro benzene ring substituents is 1. The highest BCUT2D eigenvalue weighted by atomic mass is 19.4. The number of alkyl halides is 3. The number of benzene rings is 2. The van der Waals surface area contributed by atoms with E-state index in [0.717, 1.165) is 18.2 Å². The van der Waals surface area contributed by atoms with Crippen molar-refractivity contribution >= 4 is 16.6 Å². The van der Waals surface area contributed by atoms with Gasteiger partial charge in [0.05, 0.1) is 10.4 Å². The molecule has 1 aromatic heterocycles. The van der Waals surface area contributed by atoms with Crippen molar-refractivity contribution in [2.75, 3.05) is 0 Å². The van der Waals surface area contributed by atoms with Crippen LogP contribution in [0.15, 0.2) is 48.7 Å². The van der Waals surface area contributed by atoms with Crippen LogP contribution in [-0.2, 0) is 12.8 Å². The zero-order valence-corrected chi connectivity index (χ0v) is 13.0. The first-order valence-corrected chi connectivity index (χ1v) is 7.27. The Morgan fingerprint density at radius 1 is 1.15 bits per heavy atom. The highest BCUT2D eigenvalue weighted by molar-refractivity contribution is 5.81. The number of nitro groups is 1. The van der Waals surface area contributed by atoms with Crippen LogP contribution in [0.4, 0.5) is 23.2 Å². The van der Waals surface area contributed by atoms with Gasteiger partial charge in [-0.25, -0.2) is 4.39 Å². The summed E-state index contributed by atoms with van der Waals surface area (Å²) in [5.41, 5.74) is -1.33. The molecule has 0 unspecified atom stereocenters. The molecule has 0 amide bonds. The zero-order chi connectivity index (χ0) is 18.9. The Balaban J connectivity index is 1.97. The van der Waals surface area contributed by atoms with Crippen LogP contribution in [0.25, 0.3) is 10.9 Å². The Morgan fingerprint density at radius 2 is 1.92 bits per heavy atom. The third kappa shape index (κ3) is 3.56. The van der Waals surface area contributed by atoms with Crippen LogP contribution in [0.3, 0.4) is 0 Å². The number of hydrogen-bond donors (Lipinski definition) is 0. The molecule has 2 aromatic carbocycles. The van der Waals surface area contributed by atoms with E-state index in [2.05, 4.69) is 4.98 Å². The maximum Gasteiger partial charge on any atom is 0.420 e. The lowest BCUT2D eigenvalue weighted by Gasteiger charge is -2.14. The van der Waals surface area contributed by atoms with Crippen molar-refractivity contribution in [3.8, 4) is 5.75 Å². The quantitative estimate of drug-likeness (QED) is 0.375. The maximum absolute atomic E-state index is 13.7. The molecule has 0 aliphatic rings. The number of hydrogen-bond acceptors (Lipinski definition) is 4. The van der Waals surface area contributed by atoms with E-state index in [1.54, 1.807) is 12.1 Å². The molecule has 134 valence electrons. The van der Waals surface area contributed by atoms with E-state index in [9.17, 15) is 27.7 Å². The second-order valence-corrected chi connectivity index (χ2v) is 5.36. The van der Waals surface area contributed by atoms with Gasteiger partial charge in [0.2, 0.25) is 0 Å². The molecule has 3 rings (SSSR count). The fraction of sp³-hybridized carbons (Fsp3) is 0.118. The van der Waals surface area contributed by atoms with Crippen LogP contribution in [0.2, 0.25) is 0 Å². The number of aromatic nitrogens is 1. The van der Waals surface area contributed by atoms with Gasteiger partial charge in [-0.15, -0.1) is 0 Å². The van der Waals surface area contributed by atoms with E-state index in [0.29, 0.717) is 17.0 Å². The lowest BCUT2D eigenvalue weighted by atomic mass is 10.1. The predicted molar refractivity (Wildman–Crippen MR) is 84.1 cm³/mol. The molecule has 9 heteroatoms. The van der Waals surface area contributed by atoms with Crippen molar-refractivity contribution in [3.05, 3.63) is 75.7 Å². The van der Waals surface area contributed by atoms with Gasteiger partial charge in [-0.2, -0.15) is 13.2 Å². The van der Waals surface area contributed by atoms with Crippen LogP contribution >= 0.6 is 0 Å². The fourth-order valence-electron chi connectivity index (χ4n) is 2.47. The smallest absolute Gasteiger partial charge is 0.420 e. The zero-order valence-electron chi connectivity index (χ0n) is 13.0. The standard InChI is InChI=1S/C17H10F4N2O3/c18-12-6-10-2-1-5-22-16(10)11(7-12)9-26-15-4-3-13(23(24)25)8-14(15)17(19,20)21/h1-8H,9H2. The molecule has 0 saturated carbocycles. The Morgan fingerprint density at radius 3 is 2.62 bits per heavy atom. The maximum atomic E-state index is 13.7. The molecule has 5 nitrogen and oxygen atoms in total. The van der Waals surface area contributed by atoms with Gasteiger partial charge in [0.1, 0.15) is 23.7 Å². The summed E-state index contributed by atoms with van der Waals surface area (Å²) in [6, 6.07) is 7.76. The predicted octanol–water partition coefficient (Wildman–Crippen LogP) is 4.88. The Hall–Kier alpha value is -3.23. The number of fused-ring (bicyclic) bond motifs is 1. The van der Waals surface area contributed by atoms with Crippen LogP contribution in [-0.4, -0.2) is 9.91 Å². The van der Waals surface area contributed by atoms with Crippen molar-refractivity contribution in [2.45, 2.75) is 12.8 Å². The molecule has 0 bridgehead atoms. The number of pyridine rings is 1. The van der Waals surface area contributed by atoms with Crippen LogP contribution < -0.4 is 4.74 Å². The van der Waals surface area contributed by atoms with Crippen LogP contribution in [0.1, 0.15) is 11.1 Å². The molecule has 26 heavy (non-hydrogen) atoms. The van der Waals surface area contributed by atoms with Gasteiger partial charge >= 0.3 is 6.18 Å². The molecular weight excluding hydrogens is 356 g/mol.